The summed E-state index contributed by atoms with van der Waals surface area (Å²) in [4.78, 5) is 11.6. The Bertz CT molecular complexity index is 388. The zero-order chi connectivity index (χ0) is 12.8. The number of hydrogen-bond acceptors (Lipinski definition) is 4. The van der Waals surface area contributed by atoms with E-state index >= 15 is 0 Å². The number of rotatable bonds is 4. The van der Waals surface area contributed by atoms with Gasteiger partial charge in [-0.25, -0.2) is 0 Å². The molecule has 5 heteroatoms. The van der Waals surface area contributed by atoms with Crippen molar-refractivity contribution in [3.63, 3.8) is 0 Å². The number of carbonyl (C=O) groups excluding carboxylic acids is 1. The van der Waals surface area contributed by atoms with Crippen molar-refractivity contribution >= 4 is 21.9 Å². The Morgan fingerprint density at radius 1 is 1.44 bits per heavy atom. The summed E-state index contributed by atoms with van der Waals surface area (Å²) in [7, 11) is 0. The molecule has 0 radical (unpaired) electrons. The fourth-order valence-electron chi connectivity index (χ4n) is 1.74. The van der Waals surface area contributed by atoms with E-state index < -0.39 is 0 Å². The molecule has 1 unspecified atom stereocenters. The van der Waals surface area contributed by atoms with Crippen molar-refractivity contribution in [2.75, 3.05) is 19.7 Å². The molecule has 1 saturated heterocycles. The topological polar surface area (TPSA) is 47.6 Å². The first-order chi connectivity index (χ1) is 8.74. The first-order valence-corrected chi connectivity index (χ1v) is 6.76. The molecule has 0 aliphatic carbocycles. The van der Waals surface area contributed by atoms with E-state index in [0.717, 1.165) is 16.6 Å². The van der Waals surface area contributed by atoms with Gasteiger partial charge in [0.25, 0.3) is 0 Å². The van der Waals surface area contributed by atoms with Crippen LogP contribution in [0, 0.1) is 0 Å². The molecule has 1 N–H and O–H groups in total. The van der Waals surface area contributed by atoms with E-state index in [9.17, 15) is 4.79 Å². The number of nitrogens with one attached hydrogen (secondary N) is 1. The Hall–Kier alpha value is -0.910. The van der Waals surface area contributed by atoms with Crippen LogP contribution in [0.15, 0.2) is 28.7 Å². The summed E-state index contributed by atoms with van der Waals surface area (Å²) < 4.78 is 11.7. The number of hydrogen-bond donors (Lipinski definition) is 1. The number of ether oxygens (including phenoxy) is 2. The number of esters is 1. The number of carbonyl (C=O) groups is 1. The van der Waals surface area contributed by atoms with Crippen molar-refractivity contribution in [2.45, 2.75) is 19.1 Å². The van der Waals surface area contributed by atoms with Crippen LogP contribution in [0.5, 0.6) is 0 Å². The van der Waals surface area contributed by atoms with E-state index in [-0.39, 0.29) is 12.1 Å². The highest BCUT2D eigenvalue weighted by molar-refractivity contribution is 9.10. The van der Waals surface area contributed by atoms with Gasteiger partial charge in [-0.1, -0.05) is 28.1 Å². The third kappa shape index (κ3) is 4.40. The van der Waals surface area contributed by atoms with Gasteiger partial charge < -0.3 is 14.8 Å². The lowest BCUT2D eigenvalue weighted by molar-refractivity contribution is -0.148. The Morgan fingerprint density at radius 2 is 2.22 bits per heavy atom. The standard InChI is InChI=1S/C13H16BrNO3/c14-11-3-1-10(2-4-11)9-18-13(16)7-12-8-15-5-6-17-12/h1-4,12,15H,5-9H2. The predicted molar refractivity (Wildman–Crippen MR) is 71.2 cm³/mol. The fourth-order valence-corrected chi connectivity index (χ4v) is 2.00. The van der Waals surface area contributed by atoms with Gasteiger partial charge >= 0.3 is 5.97 Å². The first-order valence-electron chi connectivity index (χ1n) is 5.96. The summed E-state index contributed by atoms with van der Waals surface area (Å²) in [5.41, 5.74) is 0.981. The molecule has 0 aromatic heterocycles. The van der Waals surface area contributed by atoms with Crippen molar-refractivity contribution < 1.29 is 14.3 Å². The molecular weight excluding hydrogens is 298 g/mol. The fraction of sp³-hybridized carbons (Fsp3) is 0.462. The van der Waals surface area contributed by atoms with Crippen LogP contribution in [0.1, 0.15) is 12.0 Å². The maximum atomic E-state index is 11.6. The van der Waals surface area contributed by atoms with Gasteiger partial charge in [0.1, 0.15) is 6.61 Å². The van der Waals surface area contributed by atoms with Gasteiger partial charge in [-0.05, 0) is 17.7 Å². The van der Waals surface area contributed by atoms with Gasteiger partial charge in [0.05, 0.1) is 19.1 Å². The van der Waals surface area contributed by atoms with Crippen molar-refractivity contribution in [1.82, 2.24) is 5.32 Å². The minimum Gasteiger partial charge on any atom is -0.461 e. The largest absolute Gasteiger partial charge is 0.461 e. The molecule has 98 valence electrons. The lowest BCUT2D eigenvalue weighted by Crippen LogP contribution is -2.39. The average Bonchev–Trinajstić information content (AvgIpc) is 2.39. The van der Waals surface area contributed by atoms with Crippen LogP contribution in [-0.4, -0.2) is 31.8 Å². The molecule has 2 rings (SSSR count). The van der Waals surface area contributed by atoms with E-state index in [1.54, 1.807) is 0 Å². The third-order valence-electron chi connectivity index (χ3n) is 2.71. The maximum absolute atomic E-state index is 11.6. The second kappa shape index (κ2) is 6.87. The van der Waals surface area contributed by atoms with Gasteiger partial charge in [-0.3, -0.25) is 4.79 Å². The van der Waals surface area contributed by atoms with Gasteiger partial charge in [0, 0.05) is 17.6 Å². The molecule has 1 heterocycles. The zero-order valence-corrected chi connectivity index (χ0v) is 11.6. The van der Waals surface area contributed by atoms with Crippen molar-refractivity contribution in [3.05, 3.63) is 34.3 Å². The lowest BCUT2D eigenvalue weighted by atomic mass is 10.2. The number of benzene rings is 1. The SMILES string of the molecule is O=C(CC1CNCCO1)OCc1ccc(Br)cc1. The summed E-state index contributed by atoms with van der Waals surface area (Å²) in [6.45, 7) is 2.54. The smallest absolute Gasteiger partial charge is 0.308 e. The van der Waals surface area contributed by atoms with Gasteiger partial charge in [-0.2, -0.15) is 0 Å². The van der Waals surface area contributed by atoms with E-state index in [1.807, 2.05) is 24.3 Å². The van der Waals surface area contributed by atoms with Crippen LogP contribution in [0.25, 0.3) is 0 Å². The molecule has 1 aromatic rings. The molecule has 1 aliphatic heterocycles. The molecule has 18 heavy (non-hydrogen) atoms. The van der Waals surface area contributed by atoms with Crippen molar-refractivity contribution in [2.24, 2.45) is 0 Å². The van der Waals surface area contributed by atoms with E-state index in [0.29, 0.717) is 26.2 Å². The van der Waals surface area contributed by atoms with Crippen LogP contribution >= 0.6 is 15.9 Å². The predicted octanol–water partition coefficient (Wildman–Crippen LogP) is 1.87. The van der Waals surface area contributed by atoms with Crippen molar-refractivity contribution in [3.8, 4) is 0 Å². The summed E-state index contributed by atoms with van der Waals surface area (Å²) in [5.74, 6) is -0.216. The average molecular weight is 314 g/mol. The second-order valence-electron chi connectivity index (χ2n) is 4.19. The minimum absolute atomic E-state index is 0.0591. The highest BCUT2D eigenvalue weighted by atomic mass is 79.9. The molecule has 1 aliphatic rings. The summed E-state index contributed by atoms with van der Waals surface area (Å²) >= 11 is 3.36. The normalized spacial score (nSPS) is 19.5. The Morgan fingerprint density at radius 3 is 2.89 bits per heavy atom. The summed E-state index contributed by atoms with van der Waals surface area (Å²) in [6, 6.07) is 7.71. The number of halogens is 1. The minimum atomic E-state index is -0.216. The highest BCUT2D eigenvalue weighted by Gasteiger charge is 2.18. The van der Waals surface area contributed by atoms with E-state index in [4.69, 9.17) is 9.47 Å². The van der Waals surface area contributed by atoms with Crippen molar-refractivity contribution in [1.29, 1.82) is 0 Å². The molecule has 0 saturated carbocycles. The van der Waals surface area contributed by atoms with Gasteiger partial charge in [0.2, 0.25) is 0 Å². The highest BCUT2D eigenvalue weighted by Crippen LogP contribution is 2.12. The zero-order valence-electron chi connectivity index (χ0n) is 10.0. The van der Waals surface area contributed by atoms with Gasteiger partial charge in [0.15, 0.2) is 0 Å². The second-order valence-corrected chi connectivity index (χ2v) is 5.10. The summed E-state index contributed by atoms with van der Waals surface area (Å²) in [6.07, 6.45) is 0.250. The Kier molecular flexibility index (Phi) is 5.16. The quantitative estimate of drug-likeness (QED) is 0.862. The molecule has 0 bridgehead atoms. The van der Waals surface area contributed by atoms with Crippen LogP contribution in [0.4, 0.5) is 0 Å². The van der Waals surface area contributed by atoms with Crippen LogP contribution in [0.3, 0.4) is 0 Å². The van der Waals surface area contributed by atoms with E-state index in [2.05, 4.69) is 21.2 Å². The van der Waals surface area contributed by atoms with Crippen LogP contribution in [-0.2, 0) is 20.9 Å². The molecule has 0 spiro atoms. The van der Waals surface area contributed by atoms with Crippen LogP contribution < -0.4 is 5.32 Å². The lowest BCUT2D eigenvalue weighted by Gasteiger charge is -2.22. The molecule has 1 aromatic carbocycles. The number of morpholine rings is 1. The first kappa shape index (κ1) is 13.5. The molecular formula is C13H16BrNO3. The van der Waals surface area contributed by atoms with Crippen LogP contribution in [0.2, 0.25) is 0 Å². The molecule has 0 amide bonds. The molecule has 1 atom stereocenters. The third-order valence-corrected chi connectivity index (χ3v) is 3.24. The Balaban J connectivity index is 1.72. The molecule has 1 fully saturated rings. The monoisotopic (exact) mass is 313 g/mol. The van der Waals surface area contributed by atoms with E-state index in [1.165, 1.54) is 0 Å². The molecule has 4 nitrogen and oxygen atoms in total. The Labute approximate surface area is 115 Å². The van der Waals surface area contributed by atoms with Gasteiger partial charge in [-0.15, -0.1) is 0 Å². The maximum Gasteiger partial charge on any atom is 0.308 e. The summed E-state index contributed by atoms with van der Waals surface area (Å²) in [5, 5.41) is 3.18.